The fourth-order valence-corrected chi connectivity index (χ4v) is 1.25. The van der Waals surface area contributed by atoms with E-state index in [1.807, 2.05) is 12.1 Å². The molecule has 0 aliphatic carbocycles. The highest BCUT2D eigenvalue weighted by molar-refractivity contribution is 9.12. The second-order valence-electron chi connectivity index (χ2n) is 2.53. The number of hydrogen-bond donors (Lipinski definition) is 0. The summed E-state index contributed by atoms with van der Waals surface area (Å²) >= 11 is 6.08. The number of halogens is 2. The summed E-state index contributed by atoms with van der Waals surface area (Å²) in [7, 11) is 0. The quantitative estimate of drug-likeness (QED) is 0.566. The fourth-order valence-electron chi connectivity index (χ4n) is 0.732. The first-order chi connectivity index (χ1) is 8.74. The zero-order valence-electron chi connectivity index (χ0n) is 9.04. The van der Waals surface area contributed by atoms with Crippen LogP contribution >= 0.6 is 31.9 Å². The Kier molecular flexibility index (Phi) is 10.5. The van der Waals surface area contributed by atoms with E-state index in [-0.39, 0.29) is 0 Å². The molecule has 2 nitrogen and oxygen atoms in total. The lowest BCUT2D eigenvalue weighted by molar-refractivity contribution is -0.103. The van der Waals surface area contributed by atoms with Crippen LogP contribution in [0.15, 0.2) is 28.7 Å². The zero-order chi connectivity index (χ0) is 13.6. The molecule has 88 valence electrons. The number of rotatable bonds is 1. The Morgan fingerprint density at radius 2 is 1.78 bits per heavy atom. The molecule has 0 aromatic heterocycles. The molecule has 0 saturated heterocycles. The monoisotopic (exact) mass is 364 g/mol. The van der Waals surface area contributed by atoms with Gasteiger partial charge in [0.2, 0.25) is 0 Å². The Hall–Kier alpha value is -1.80. The van der Waals surface area contributed by atoms with Crippen molar-refractivity contribution in [2.45, 2.75) is 0 Å². The van der Waals surface area contributed by atoms with E-state index in [0.29, 0.717) is 11.8 Å². The fraction of sp³-hybridized carbons (Fsp3) is 0. The van der Waals surface area contributed by atoms with E-state index in [9.17, 15) is 9.59 Å². The maximum absolute atomic E-state index is 10.1. The summed E-state index contributed by atoms with van der Waals surface area (Å²) < 4.78 is 0.937. The summed E-state index contributed by atoms with van der Waals surface area (Å²) in [5.41, 5.74) is 0.698. The van der Waals surface area contributed by atoms with E-state index in [0.717, 1.165) is 10.8 Å². The van der Waals surface area contributed by atoms with Crippen LogP contribution in [0.1, 0.15) is 10.4 Å². The SMILES string of the molecule is O=CC#CC#CC#CBr.O=Cc1cccc(Br)c1. The van der Waals surface area contributed by atoms with Crippen molar-refractivity contribution in [3.8, 4) is 34.4 Å². The molecule has 1 aromatic rings. The molecule has 1 aromatic carbocycles. The molecule has 0 aliphatic heterocycles. The van der Waals surface area contributed by atoms with Crippen molar-refractivity contribution in [3.05, 3.63) is 34.3 Å². The highest BCUT2D eigenvalue weighted by Crippen LogP contribution is 2.09. The van der Waals surface area contributed by atoms with E-state index >= 15 is 0 Å². The molecular weight excluding hydrogens is 360 g/mol. The van der Waals surface area contributed by atoms with Crippen molar-refractivity contribution in [2.75, 3.05) is 0 Å². The predicted octanol–water partition coefficient (Wildman–Crippen LogP) is 2.81. The first-order valence-electron chi connectivity index (χ1n) is 4.50. The molecule has 0 N–H and O–H groups in total. The molecule has 4 heteroatoms. The Bertz CT molecular complexity index is 587. The van der Waals surface area contributed by atoms with Gasteiger partial charge in [0.05, 0.1) is 0 Å². The average Bonchev–Trinajstić information content (AvgIpc) is 2.39. The summed E-state index contributed by atoms with van der Waals surface area (Å²) in [4.78, 5) is 22.1. The van der Waals surface area contributed by atoms with Gasteiger partial charge < -0.3 is 0 Å². The molecule has 0 radical (unpaired) electrons. The molecule has 0 bridgehead atoms. The first-order valence-corrected chi connectivity index (χ1v) is 6.08. The highest BCUT2D eigenvalue weighted by Gasteiger charge is 1.87. The minimum Gasteiger partial charge on any atom is -0.298 e. The van der Waals surface area contributed by atoms with Crippen molar-refractivity contribution in [2.24, 2.45) is 0 Å². The molecular formula is C14H6Br2O2. The predicted molar refractivity (Wildman–Crippen MR) is 77.8 cm³/mol. The minimum absolute atomic E-state index is 0.482. The lowest BCUT2D eigenvalue weighted by Crippen LogP contribution is -1.75. The summed E-state index contributed by atoms with van der Waals surface area (Å²) in [5, 5.41) is 0. The lowest BCUT2D eigenvalue weighted by Gasteiger charge is -1.88. The maximum atomic E-state index is 10.1. The molecule has 0 fully saturated rings. The molecule has 0 atom stereocenters. The van der Waals surface area contributed by atoms with Gasteiger partial charge in [-0.25, -0.2) is 0 Å². The van der Waals surface area contributed by atoms with Crippen LogP contribution in [0.4, 0.5) is 0 Å². The van der Waals surface area contributed by atoms with E-state index in [4.69, 9.17) is 0 Å². The van der Waals surface area contributed by atoms with Crippen molar-refractivity contribution in [1.29, 1.82) is 0 Å². The number of benzene rings is 1. The molecule has 1 rings (SSSR count). The molecule has 0 aliphatic rings. The van der Waals surface area contributed by atoms with Crippen LogP contribution in [-0.4, -0.2) is 12.6 Å². The molecule has 0 unspecified atom stereocenters. The number of aldehydes is 2. The van der Waals surface area contributed by atoms with Gasteiger partial charge in [-0.3, -0.25) is 9.59 Å². The van der Waals surface area contributed by atoms with Gasteiger partial charge in [-0.1, -0.05) is 28.1 Å². The number of carbonyl (C=O) groups is 2. The van der Waals surface area contributed by atoms with Crippen LogP contribution in [0.2, 0.25) is 0 Å². The van der Waals surface area contributed by atoms with E-state index in [1.54, 1.807) is 12.1 Å². The Balaban J connectivity index is 0.000000321. The van der Waals surface area contributed by atoms with Gasteiger partial charge in [-0.15, -0.1) is 0 Å². The molecule has 0 heterocycles. The van der Waals surface area contributed by atoms with Crippen LogP contribution < -0.4 is 0 Å². The summed E-state index contributed by atoms with van der Waals surface area (Å²) in [5.74, 6) is 11.5. The third kappa shape index (κ3) is 9.43. The standard InChI is InChI=1S/C7H5BrO.C7HBrO/c8-7-3-1-2-6(4-7)5-9;8-6-4-2-1-3-5-7-9/h1-5H;7H. The topological polar surface area (TPSA) is 34.1 Å². The zero-order valence-corrected chi connectivity index (χ0v) is 12.2. The molecule has 18 heavy (non-hydrogen) atoms. The number of carbonyl (C=O) groups excluding carboxylic acids is 2. The third-order valence-corrected chi connectivity index (χ3v) is 2.04. The van der Waals surface area contributed by atoms with Crippen LogP contribution in [0.25, 0.3) is 0 Å². The van der Waals surface area contributed by atoms with Gasteiger partial charge in [0, 0.05) is 26.0 Å². The van der Waals surface area contributed by atoms with E-state index in [1.165, 1.54) is 0 Å². The van der Waals surface area contributed by atoms with Gasteiger partial charge in [-0.2, -0.15) is 0 Å². The van der Waals surface area contributed by atoms with Crippen LogP contribution in [0.5, 0.6) is 0 Å². The van der Waals surface area contributed by atoms with Crippen molar-refractivity contribution >= 4 is 44.4 Å². The first kappa shape index (κ1) is 16.2. The number of hydrogen-bond acceptors (Lipinski definition) is 2. The summed E-state index contributed by atoms with van der Waals surface area (Å²) in [6, 6.07) is 7.24. The van der Waals surface area contributed by atoms with Crippen molar-refractivity contribution < 1.29 is 9.59 Å². The minimum atomic E-state index is 0.482. The Morgan fingerprint density at radius 1 is 1.06 bits per heavy atom. The van der Waals surface area contributed by atoms with Crippen LogP contribution in [0.3, 0.4) is 0 Å². The average molecular weight is 366 g/mol. The lowest BCUT2D eigenvalue weighted by atomic mass is 10.2. The normalized spacial score (nSPS) is 6.56. The summed E-state index contributed by atoms with van der Waals surface area (Å²) in [6.07, 6.45) is 1.31. The van der Waals surface area contributed by atoms with Crippen molar-refractivity contribution in [3.63, 3.8) is 0 Å². The van der Waals surface area contributed by atoms with Gasteiger partial charge in [0.25, 0.3) is 0 Å². The summed E-state index contributed by atoms with van der Waals surface area (Å²) in [6.45, 7) is 0. The Labute approximate surface area is 122 Å². The molecule has 0 amide bonds. The third-order valence-electron chi connectivity index (χ3n) is 1.35. The van der Waals surface area contributed by atoms with E-state index in [2.05, 4.69) is 66.3 Å². The van der Waals surface area contributed by atoms with E-state index < -0.39 is 0 Å². The van der Waals surface area contributed by atoms with Crippen LogP contribution in [0, 0.1) is 34.4 Å². The van der Waals surface area contributed by atoms with Crippen molar-refractivity contribution in [1.82, 2.24) is 0 Å². The second kappa shape index (κ2) is 11.7. The van der Waals surface area contributed by atoms with Gasteiger partial charge in [0.1, 0.15) is 6.29 Å². The highest BCUT2D eigenvalue weighted by atomic mass is 79.9. The molecule has 0 saturated carbocycles. The molecule has 0 spiro atoms. The maximum Gasteiger partial charge on any atom is 0.193 e. The second-order valence-corrected chi connectivity index (χ2v) is 3.84. The van der Waals surface area contributed by atoms with Gasteiger partial charge >= 0.3 is 0 Å². The van der Waals surface area contributed by atoms with Gasteiger partial charge in [-0.05, 0) is 46.6 Å². The van der Waals surface area contributed by atoms with Crippen LogP contribution in [-0.2, 0) is 4.79 Å². The largest absolute Gasteiger partial charge is 0.298 e. The van der Waals surface area contributed by atoms with Gasteiger partial charge in [0.15, 0.2) is 6.29 Å². The smallest absolute Gasteiger partial charge is 0.193 e. The Morgan fingerprint density at radius 3 is 2.28 bits per heavy atom.